The molecular formula is C13H25N3O. The zero-order valence-electron chi connectivity index (χ0n) is 11.3. The van der Waals surface area contributed by atoms with Crippen molar-refractivity contribution in [3.05, 3.63) is 18.2 Å². The van der Waals surface area contributed by atoms with Crippen molar-refractivity contribution in [2.75, 3.05) is 6.54 Å². The first-order valence-electron chi connectivity index (χ1n) is 6.40. The van der Waals surface area contributed by atoms with E-state index in [1.807, 2.05) is 12.5 Å². The fourth-order valence-electron chi connectivity index (χ4n) is 1.93. The molecule has 0 saturated carbocycles. The molecule has 0 radical (unpaired) electrons. The first kappa shape index (κ1) is 14.2. The minimum absolute atomic E-state index is 0.259. The lowest BCUT2D eigenvalue weighted by molar-refractivity contribution is 0.146. The molecule has 2 N–H and O–H groups in total. The van der Waals surface area contributed by atoms with Crippen molar-refractivity contribution in [2.45, 2.75) is 52.8 Å². The van der Waals surface area contributed by atoms with E-state index in [1.165, 1.54) is 0 Å². The highest BCUT2D eigenvalue weighted by atomic mass is 16.3. The molecule has 0 aliphatic carbocycles. The van der Waals surface area contributed by atoms with E-state index in [2.05, 4.69) is 42.6 Å². The second-order valence-corrected chi connectivity index (χ2v) is 5.30. The summed E-state index contributed by atoms with van der Waals surface area (Å²) in [5, 5.41) is 13.0. The molecule has 0 bridgehead atoms. The van der Waals surface area contributed by atoms with Gasteiger partial charge in [-0.05, 0) is 26.2 Å². The lowest BCUT2D eigenvalue weighted by Gasteiger charge is -2.15. The Kier molecular flexibility index (Phi) is 5.65. The molecule has 1 atom stereocenters. The highest BCUT2D eigenvalue weighted by molar-refractivity contribution is 4.99. The molecule has 4 nitrogen and oxygen atoms in total. The summed E-state index contributed by atoms with van der Waals surface area (Å²) in [7, 11) is 0. The van der Waals surface area contributed by atoms with Crippen LogP contribution in [-0.2, 0) is 6.54 Å². The Morgan fingerprint density at radius 1 is 1.35 bits per heavy atom. The van der Waals surface area contributed by atoms with Gasteiger partial charge in [-0.3, -0.25) is 0 Å². The van der Waals surface area contributed by atoms with Crippen molar-refractivity contribution in [2.24, 2.45) is 5.92 Å². The molecule has 17 heavy (non-hydrogen) atoms. The van der Waals surface area contributed by atoms with Crippen LogP contribution < -0.4 is 5.32 Å². The monoisotopic (exact) mass is 239 g/mol. The Bertz CT molecular complexity index is 320. The number of hydrogen-bond acceptors (Lipinski definition) is 3. The predicted molar refractivity (Wildman–Crippen MR) is 69.8 cm³/mol. The summed E-state index contributed by atoms with van der Waals surface area (Å²) in [4.78, 5) is 4.15. The Morgan fingerprint density at radius 3 is 2.65 bits per heavy atom. The van der Waals surface area contributed by atoms with E-state index in [9.17, 15) is 5.11 Å². The van der Waals surface area contributed by atoms with Gasteiger partial charge in [-0.15, -0.1) is 0 Å². The summed E-state index contributed by atoms with van der Waals surface area (Å²) in [6, 6.07) is 0.426. The number of aliphatic hydroxyl groups excluding tert-OH is 1. The van der Waals surface area contributed by atoms with Gasteiger partial charge in [0, 0.05) is 25.3 Å². The molecule has 0 aromatic carbocycles. The van der Waals surface area contributed by atoms with Gasteiger partial charge < -0.3 is 15.0 Å². The standard InChI is InChI=1S/C13H25N3O/c1-10(2)5-13(17)8-14-6-12-7-15-9-16(12)11(3)4/h7,9-11,13-14,17H,5-6,8H2,1-4H3. The molecule has 0 fully saturated rings. The van der Waals surface area contributed by atoms with E-state index < -0.39 is 0 Å². The molecular weight excluding hydrogens is 214 g/mol. The van der Waals surface area contributed by atoms with Gasteiger partial charge in [-0.1, -0.05) is 13.8 Å². The highest BCUT2D eigenvalue weighted by Crippen LogP contribution is 2.08. The van der Waals surface area contributed by atoms with Gasteiger partial charge in [0.15, 0.2) is 0 Å². The topological polar surface area (TPSA) is 50.1 Å². The minimum Gasteiger partial charge on any atom is -0.392 e. The van der Waals surface area contributed by atoms with Gasteiger partial charge in [0.2, 0.25) is 0 Å². The molecule has 0 amide bonds. The Morgan fingerprint density at radius 2 is 2.06 bits per heavy atom. The maximum absolute atomic E-state index is 9.74. The fraction of sp³-hybridized carbons (Fsp3) is 0.769. The van der Waals surface area contributed by atoms with Crippen LogP contribution in [0.15, 0.2) is 12.5 Å². The summed E-state index contributed by atoms with van der Waals surface area (Å²) >= 11 is 0. The summed E-state index contributed by atoms with van der Waals surface area (Å²) in [6.45, 7) is 9.92. The van der Waals surface area contributed by atoms with E-state index in [4.69, 9.17) is 0 Å². The van der Waals surface area contributed by atoms with Crippen molar-refractivity contribution < 1.29 is 5.11 Å². The average Bonchev–Trinajstić information content (AvgIpc) is 2.64. The zero-order valence-corrected chi connectivity index (χ0v) is 11.3. The number of nitrogens with one attached hydrogen (secondary N) is 1. The van der Waals surface area contributed by atoms with Gasteiger partial charge in [0.05, 0.1) is 18.1 Å². The predicted octanol–water partition coefficient (Wildman–Crippen LogP) is 1.96. The summed E-state index contributed by atoms with van der Waals surface area (Å²) in [6.07, 6.45) is 4.32. The molecule has 4 heteroatoms. The van der Waals surface area contributed by atoms with Crippen LogP contribution in [0.2, 0.25) is 0 Å². The van der Waals surface area contributed by atoms with Gasteiger partial charge in [-0.25, -0.2) is 4.98 Å². The molecule has 1 aromatic heterocycles. The summed E-state index contributed by atoms with van der Waals surface area (Å²) in [5.41, 5.74) is 1.16. The smallest absolute Gasteiger partial charge is 0.0951 e. The second-order valence-electron chi connectivity index (χ2n) is 5.30. The largest absolute Gasteiger partial charge is 0.392 e. The lowest BCUT2D eigenvalue weighted by Crippen LogP contribution is -2.28. The van der Waals surface area contributed by atoms with Crippen LogP contribution in [0, 0.1) is 5.92 Å². The Balaban J connectivity index is 2.33. The molecule has 1 rings (SSSR count). The minimum atomic E-state index is -0.259. The Labute approximate surface area is 104 Å². The van der Waals surface area contributed by atoms with Crippen molar-refractivity contribution in [3.8, 4) is 0 Å². The van der Waals surface area contributed by atoms with Gasteiger partial charge in [0.1, 0.15) is 0 Å². The van der Waals surface area contributed by atoms with Gasteiger partial charge in [-0.2, -0.15) is 0 Å². The van der Waals surface area contributed by atoms with Gasteiger partial charge >= 0.3 is 0 Å². The van der Waals surface area contributed by atoms with Crippen LogP contribution in [0.5, 0.6) is 0 Å². The fourth-order valence-corrected chi connectivity index (χ4v) is 1.93. The summed E-state index contributed by atoms with van der Waals surface area (Å²) in [5.74, 6) is 0.535. The number of imidazole rings is 1. The third-order valence-electron chi connectivity index (χ3n) is 2.73. The van der Waals surface area contributed by atoms with Crippen LogP contribution in [0.25, 0.3) is 0 Å². The van der Waals surface area contributed by atoms with Crippen LogP contribution >= 0.6 is 0 Å². The Hall–Kier alpha value is -0.870. The average molecular weight is 239 g/mol. The molecule has 0 saturated heterocycles. The first-order valence-corrected chi connectivity index (χ1v) is 6.40. The lowest BCUT2D eigenvalue weighted by atomic mass is 10.1. The molecule has 0 aliphatic heterocycles. The quantitative estimate of drug-likeness (QED) is 0.764. The number of nitrogens with zero attached hydrogens (tertiary/aromatic N) is 2. The third kappa shape index (κ3) is 4.88. The van der Waals surface area contributed by atoms with Crippen LogP contribution in [0.3, 0.4) is 0 Å². The zero-order chi connectivity index (χ0) is 12.8. The number of hydrogen-bond donors (Lipinski definition) is 2. The van der Waals surface area contributed by atoms with Gasteiger partial charge in [0.25, 0.3) is 0 Å². The van der Waals surface area contributed by atoms with Crippen LogP contribution in [0.4, 0.5) is 0 Å². The van der Waals surface area contributed by atoms with Crippen molar-refractivity contribution in [1.82, 2.24) is 14.9 Å². The number of rotatable bonds is 7. The van der Waals surface area contributed by atoms with E-state index in [0.29, 0.717) is 18.5 Å². The molecule has 0 spiro atoms. The van der Waals surface area contributed by atoms with E-state index in [1.54, 1.807) is 0 Å². The summed E-state index contributed by atoms with van der Waals surface area (Å²) < 4.78 is 2.14. The second kappa shape index (κ2) is 6.77. The maximum Gasteiger partial charge on any atom is 0.0951 e. The first-order chi connectivity index (χ1) is 8.00. The van der Waals surface area contributed by atoms with Crippen molar-refractivity contribution >= 4 is 0 Å². The van der Waals surface area contributed by atoms with Crippen LogP contribution in [0.1, 0.15) is 45.9 Å². The molecule has 1 heterocycles. The maximum atomic E-state index is 9.74. The number of aliphatic hydroxyl groups is 1. The third-order valence-corrected chi connectivity index (χ3v) is 2.73. The van der Waals surface area contributed by atoms with E-state index >= 15 is 0 Å². The van der Waals surface area contributed by atoms with E-state index in [0.717, 1.165) is 18.7 Å². The number of aromatic nitrogens is 2. The normalized spacial score (nSPS) is 13.6. The van der Waals surface area contributed by atoms with Crippen LogP contribution in [-0.4, -0.2) is 27.3 Å². The molecule has 1 aromatic rings. The highest BCUT2D eigenvalue weighted by Gasteiger charge is 2.08. The van der Waals surface area contributed by atoms with Crippen molar-refractivity contribution in [1.29, 1.82) is 0 Å². The van der Waals surface area contributed by atoms with Crippen molar-refractivity contribution in [3.63, 3.8) is 0 Å². The van der Waals surface area contributed by atoms with E-state index in [-0.39, 0.29) is 6.10 Å². The molecule has 1 unspecified atom stereocenters. The molecule has 0 aliphatic rings. The molecule has 98 valence electrons. The SMILES string of the molecule is CC(C)CC(O)CNCc1cncn1C(C)C.